The van der Waals surface area contributed by atoms with Crippen LogP contribution < -0.4 is 10.1 Å². The lowest BCUT2D eigenvalue weighted by Gasteiger charge is -2.19. The molecule has 124 valence electrons. The molecule has 0 radical (unpaired) electrons. The fourth-order valence-corrected chi connectivity index (χ4v) is 2.67. The Labute approximate surface area is 134 Å². The highest BCUT2D eigenvalue weighted by atomic mass is 16.5. The average Bonchev–Trinajstić information content (AvgIpc) is 3.18. The zero-order valence-corrected chi connectivity index (χ0v) is 13.5. The van der Waals surface area contributed by atoms with E-state index >= 15 is 0 Å². The summed E-state index contributed by atoms with van der Waals surface area (Å²) in [5.41, 5.74) is 2.71. The molecule has 0 spiro atoms. The minimum absolute atomic E-state index is 0.0621. The number of aromatic amines is 1. The monoisotopic (exact) mass is 319 g/mol. The largest absolute Gasteiger partial charge is 0.482 e. The number of H-pyrrole nitrogens is 1. The molecule has 0 aliphatic carbocycles. The van der Waals surface area contributed by atoms with Crippen LogP contribution in [-0.4, -0.2) is 51.2 Å². The van der Waals surface area contributed by atoms with E-state index in [9.17, 15) is 4.79 Å². The summed E-state index contributed by atoms with van der Waals surface area (Å²) >= 11 is 0. The normalized spacial score (nSPS) is 20.7. The number of hydrogen-bond donors (Lipinski definition) is 2. The molecule has 0 aromatic carbocycles. The van der Waals surface area contributed by atoms with Gasteiger partial charge in [0.2, 0.25) is 5.91 Å². The lowest BCUT2D eigenvalue weighted by Crippen LogP contribution is -2.45. The lowest BCUT2D eigenvalue weighted by atomic mass is 10.1. The van der Waals surface area contributed by atoms with Crippen molar-refractivity contribution in [2.45, 2.75) is 32.4 Å². The molecule has 8 nitrogen and oxygen atoms in total. The molecule has 0 bridgehead atoms. The number of rotatable bonds is 5. The van der Waals surface area contributed by atoms with Crippen LogP contribution in [0.4, 0.5) is 0 Å². The topological polar surface area (TPSA) is 94.1 Å². The van der Waals surface area contributed by atoms with Crippen molar-refractivity contribution in [1.29, 1.82) is 0 Å². The lowest BCUT2D eigenvalue weighted by molar-refractivity contribution is -0.121. The summed E-state index contributed by atoms with van der Waals surface area (Å²) < 4.78 is 13.0. The zero-order valence-electron chi connectivity index (χ0n) is 13.5. The fourth-order valence-electron chi connectivity index (χ4n) is 2.67. The summed E-state index contributed by atoms with van der Waals surface area (Å²) in [5, 5.41) is 14.1. The molecule has 2 atom stereocenters. The molecule has 1 fully saturated rings. The van der Waals surface area contributed by atoms with Gasteiger partial charge >= 0.3 is 0 Å². The van der Waals surface area contributed by atoms with Crippen molar-refractivity contribution in [1.82, 2.24) is 25.3 Å². The van der Waals surface area contributed by atoms with E-state index in [1.807, 2.05) is 20.9 Å². The number of ether oxygens (including phenoxy) is 2. The molecule has 1 aliphatic heterocycles. The highest BCUT2D eigenvalue weighted by Gasteiger charge is 2.32. The van der Waals surface area contributed by atoms with Crippen LogP contribution in [0.25, 0.3) is 0 Å². The highest BCUT2D eigenvalue weighted by molar-refractivity contribution is 5.79. The van der Waals surface area contributed by atoms with E-state index < -0.39 is 0 Å². The molecular weight excluding hydrogens is 298 g/mol. The molecule has 1 amide bonds. The number of hydrogen-bond acceptors (Lipinski definition) is 5. The van der Waals surface area contributed by atoms with Crippen LogP contribution in [0.15, 0.2) is 12.4 Å². The smallest absolute Gasteiger partial charge is 0.224 e. The molecule has 1 saturated heterocycles. The van der Waals surface area contributed by atoms with Gasteiger partial charge in [-0.3, -0.25) is 14.6 Å². The van der Waals surface area contributed by atoms with Gasteiger partial charge in [-0.05, 0) is 13.8 Å². The maximum Gasteiger partial charge on any atom is 0.224 e. The second-order valence-electron chi connectivity index (χ2n) is 5.81. The summed E-state index contributed by atoms with van der Waals surface area (Å²) in [6, 6.07) is -0.171. The predicted octanol–water partition coefficient (Wildman–Crippen LogP) is 0.265. The van der Waals surface area contributed by atoms with Crippen LogP contribution in [-0.2, 0) is 23.0 Å². The molecular formula is C15H21N5O3. The first-order valence-corrected chi connectivity index (χ1v) is 7.56. The molecule has 3 heterocycles. The van der Waals surface area contributed by atoms with Crippen LogP contribution >= 0.6 is 0 Å². The fraction of sp³-hybridized carbons (Fsp3) is 0.533. The van der Waals surface area contributed by atoms with Crippen LogP contribution in [0.3, 0.4) is 0 Å². The zero-order chi connectivity index (χ0) is 16.4. The molecule has 0 unspecified atom stereocenters. The SMILES string of the molecule is Cc1n[nH]c(C)c1CC(=O)N[C@H]1COC[C@H]1Oc1cnn(C)c1. The van der Waals surface area contributed by atoms with Gasteiger partial charge in [0.1, 0.15) is 6.10 Å². The quantitative estimate of drug-likeness (QED) is 0.825. The van der Waals surface area contributed by atoms with Gasteiger partial charge < -0.3 is 14.8 Å². The third kappa shape index (κ3) is 3.53. The Hall–Kier alpha value is -2.35. The summed E-state index contributed by atoms with van der Waals surface area (Å²) in [6.45, 7) is 4.69. The number of aryl methyl sites for hydroxylation is 3. The number of amides is 1. The van der Waals surface area contributed by atoms with E-state index in [1.165, 1.54) is 0 Å². The maximum absolute atomic E-state index is 12.3. The summed E-state index contributed by atoms with van der Waals surface area (Å²) in [6.07, 6.45) is 3.52. The second-order valence-corrected chi connectivity index (χ2v) is 5.81. The first-order chi connectivity index (χ1) is 11.0. The van der Waals surface area contributed by atoms with Gasteiger partial charge in [0.15, 0.2) is 5.75 Å². The van der Waals surface area contributed by atoms with Gasteiger partial charge in [-0.25, -0.2) is 0 Å². The number of carbonyl (C=O) groups excluding carboxylic acids is 1. The second kappa shape index (κ2) is 6.41. The van der Waals surface area contributed by atoms with Crippen LogP contribution in [0.5, 0.6) is 5.75 Å². The van der Waals surface area contributed by atoms with Crippen molar-refractivity contribution >= 4 is 5.91 Å². The Bertz CT molecular complexity index is 674. The number of aromatic nitrogens is 4. The van der Waals surface area contributed by atoms with E-state index in [-0.39, 0.29) is 18.1 Å². The number of nitrogens with one attached hydrogen (secondary N) is 2. The van der Waals surface area contributed by atoms with Gasteiger partial charge in [-0.2, -0.15) is 10.2 Å². The van der Waals surface area contributed by atoms with Crippen LogP contribution in [0.2, 0.25) is 0 Å². The summed E-state index contributed by atoms with van der Waals surface area (Å²) in [7, 11) is 1.83. The van der Waals surface area contributed by atoms with Gasteiger partial charge in [-0.15, -0.1) is 0 Å². The van der Waals surface area contributed by atoms with Crippen LogP contribution in [0.1, 0.15) is 17.0 Å². The van der Waals surface area contributed by atoms with E-state index in [0.717, 1.165) is 17.0 Å². The van der Waals surface area contributed by atoms with E-state index in [0.29, 0.717) is 25.4 Å². The Morgan fingerprint density at radius 3 is 3.00 bits per heavy atom. The van der Waals surface area contributed by atoms with Crippen molar-refractivity contribution < 1.29 is 14.3 Å². The molecule has 8 heteroatoms. The Balaban J connectivity index is 1.59. The van der Waals surface area contributed by atoms with Gasteiger partial charge in [0.05, 0.1) is 43.8 Å². The Morgan fingerprint density at radius 2 is 2.35 bits per heavy atom. The van der Waals surface area contributed by atoms with Crippen molar-refractivity contribution in [2.24, 2.45) is 7.05 Å². The molecule has 1 aliphatic rings. The molecule has 2 aromatic rings. The Kier molecular flexibility index (Phi) is 4.33. The molecule has 2 N–H and O–H groups in total. The van der Waals surface area contributed by atoms with Crippen LogP contribution in [0, 0.1) is 13.8 Å². The minimum atomic E-state index is -0.213. The number of carbonyl (C=O) groups is 1. The molecule has 0 saturated carbocycles. The van der Waals surface area contributed by atoms with E-state index in [4.69, 9.17) is 9.47 Å². The minimum Gasteiger partial charge on any atom is -0.482 e. The summed E-state index contributed by atoms with van der Waals surface area (Å²) in [5.74, 6) is 0.608. The van der Waals surface area contributed by atoms with Crippen molar-refractivity contribution in [3.8, 4) is 5.75 Å². The maximum atomic E-state index is 12.3. The van der Waals surface area contributed by atoms with E-state index in [2.05, 4.69) is 20.6 Å². The predicted molar refractivity (Wildman–Crippen MR) is 82.1 cm³/mol. The van der Waals surface area contributed by atoms with Crippen molar-refractivity contribution in [2.75, 3.05) is 13.2 Å². The average molecular weight is 319 g/mol. The third-order valence-corrected chi connectivity index (χ3v) is 3.96. The third-order valence-electron chi connectivity index (χ3n) is 3.96. The summed E-state index contributed by atoms with van der Waals surface area (Å²) in [4.78, 5) is 12.3. The molecule has 2 aromatic heterocycles. The number of nitrogens with zero attached hydrogens (tertiary/aromatic N) is 3. The highest BCUT2D eigenvalue weighted by Crippen LogP contribution is 2.17. The standard InChI is InChI=1S/C15H21N5O3/c1-9-12(10(2)19-18-9)4-15(21)17-13-7-22-8-14(13)23-11-5-16-20(3)6-11/h5-6,13-14H,4,7-8H2,1-3H3,(H,17,21)(H,18,19)/t13-,14+/m0/s1. The van der Waals surface area contributed by atoms with E-state index in [1.54, 1.807) is 17.1 Å². The first-order valence-electron chi connectivity index (χ1n) is 7.56. The molecule has 3 rings (SSSR count). The van der Waals surface area contributed by atoms with Crippen molar-refractivity contribution in [3.05, 3.63) is 29.3 Å². The van der Waals surface area contributed by atoms with Gasteiger partial charge in [0.25, 0.3) is 0 Å². The first kappa shape index (κ1) is 15.5. The van der Waals surface area contributed by atoms with Gasteiger partial charge in [0, 0.05) is 18.3 Å². The van der Waals surface area contributed by atoms with Gasteiger partial charge in [-0.1, -0.05) is 0 Å². The molecule has 23 heavy (non-hydrogen) atoms. The van der Waals surface area contributed by atoms with Crippen molar-refractivity contribution in [3.63, 3.8) is 0 Å². The Morgan fingerprint density at radius 1 is 1.52 bits per heavy atom.